The summed E-state index contributed by atoms with van der Waals surface area (Å²) >= 11 is 0. The number of hydrogen-bond donors (Lipinski definition) is 2. The number of aromatic nitrogens is 5. The molecule has 1 fully saturated rings. The van der Waals surface area contributed by atoms with Crippen molar-refractivity contribution in [3.8, 4) is 0 Å². The largest absolute Gasteiger partial charge is 0.384 e. The van der Waals surface area contributed by atoms with Gasteiger partial charge >= 0.3 is 0 Å². The highest BCUT2D eigenvalue weighted by atomic mass is 19.1. The minimum Gasteiger partial charge on any atom is -0.384 e. The zero-order chi connectivity index (χ0) is 23.4. The van der Waals surface area contributed by atoms with Crippen molar-refractivity contribution in [3.05, 3.63) is 53.0 Å². The van der Waals surface area contributed by atoms with Gasteiger partial charge in [0.1, 0.15) is 17.2 Å². The third-order valence-electron chi connectivity index (χ3n) is 6.21. The quantitative estimate of drug-likeness (QED) is 0.478. The van der Waals surface area contributed by atoms with E-state index in [-0.39, 0.29) is 40.4 Å². The molecule has 4 aromatic rings. The molecule has 11 heteroatoms. The summed E-state index contributed by atoms with van der Waals surface area (Å²) < 4.78 is 29.4. The number of nitrogens with two attached hydrogens (primary N) is 2. The van der Waals surface area contributed by atoms with Crippen molar-refractivity contribution in [1.29, 1.82) is 0 Å². The van der Waals surface area contributed by atoms with Crippen LogP contribution in [0.5, 0.6) is 0 Å². The fourth-order valence-electron chi connectivity index (χ4n) is 4.40. The lowest BCUT2D eigenvalue weighted by atomic mass is 9.92. The number of benzene rings is 1. The number of amides is 1. The minimum atomic E-state index is -0.820. The molecule has 3 aromatic heterocycles. The number of piperidine rings is 1. The van der Waals surface area contributed by atoms with Gasteiger partial charge in [-0.05, 0) is 44.4 Å². The molecular formula is C22H22F2N8O. The van der Waals surface area contributed by atoms with E-state index in [1.807, 2.05) is 13.8 Å². The van der Waals surface area contributed by atoms with Gasteiger partial charge in [-0.1, -0.05) is 0 Å². The molecule has 170 valence electrons. The smallest absolute Gasteiger partial charge is 0.255 e. The van der Waals surface area contributed by atoms with Crippen molar-refractivity contribution in [2.24, 2.45) is 0 Å². The lowest BCUT2D eigenvalue weighted by molar-refractivity contribution is 0.0605. The zero-order valence-electron chi connectivity index (χ0n) is 18.1. The highest BCUT2D eigenvalue weighted by Gasteiger charge is 2.33. The predicted octanol–water partition coefficient (Wildman–Crippen LogP) is 2.83. The molecule has 0 spiro atoms. The first-order valence-corrected chi connectivity index (χ1v) is 10.6. The molecule has 1 amide bonds. The van der Waals surface area contributed by atoms with Gasteiger partial charge in [-0.25, -0.2) is 23.7 Å². The predicted molar refractivity (Wildman–Crippen MR) is 118 cm³/mol. The number of aryl methyl sites for hydroxylation is 1. The van der Waals surface area contributed by atoms with E-state index in [1.165, 1.54) is 10.7 Å². The number of fused-ring (bicyclic) bond motifs is 3. The second-order valence-corrected chi connectivity index (χ2v) is 8.46. The van der Waals surface area contributed by atoms with Crippen molar-refractivity contribution >= 4 is 34.2 Å². The summed E-state index contributed by atoms with van der Waals surface area (Å²) in [6, 6.07) is 3.59. The fourth-order valence-corrected chi connectivity index (χ4v) is 4.40. The van der Waals surface area contributed by atoms with E-state index in [2.05, 4.69) is 20.1 Å². The summed E-state index contributed by atoms with van der Waals surface area (Å²) in [5.41, 5.74) is 13.1. The van der Waals surface area contributed by atoms with Crippen molar-refractivity contribution in [2.45, 2.75) is 38.6 Å². The van der Waals surface area contributed by atoms with Gasteiger partial charge in [0.25, 0.3) is 5.91 Å². The summed E-state index contributed by atoms with van der Waals surface area (Å²) in [5, 5.41) is 4.65. The number of likely N-dealkylation sites (tertiary alicyclic amines) is 1. The van der Waals surface area contributed by atoms with Crippen LogP contribution < -0.4 is 11.5 Å². The first-order valence-electron chi connectivity index (χ1n) is 10.6. The number of anilines is 2. The number of rotatable bonds is 2. The lowest BCUT2D eigenvalue weighted by Crippen LogP contribution is -2.45. The van der Waals surface area contributed by atoms with E-state index >= 15 is 0 Å². The van der Waals surface area contributed by atoms with E-state index < -0.39 is 11.6 Å². The van der Waals surface area contributed by atoms with Gasteiger partial charge in [0.05, 0.1) is 10.9 Å². The number of carbonyl (C=O) groups is 1. The summed E-state index contributed by atoms with van der Waals surface area (Å²) in [6.07, 6.45) is 2.98. The normalized spacial score (nSPS) is 18.8. The van der Waals surface area contributed by atoms with Gasteiger partial charge in [-0.15, -0.1) is 5.10 Å². The highest BCUT2D eigenvalue weighted by molar-refractivity contribution is 5.96. The van der Waals surface area contributed by atoms with E-state index in [1.54, 1.807) is 11.0 Å². The van der Waals surface area contributed by atoms with Crippen LogP contribution in [0.4, 0.5) is 20.5 Å². The summed E-state index contributed by atoms with van der Waals surface area (Å²) in [5.74, 6) is -1.14. The van der Waals surface area contributed by atoms with Gasteiger partial charge < -0.3 is 16.4 Å². The van der Waals surface area contributed by atoms with E-state index in [0.29, 0.717) is 23.8 Å². The Kier molecular flexibility index (Phi) is 4.84. The number of hydrogen-bond acceptors (Lipinski definition) is 7. The van der Waals surface area contributed by atoms with Crippen molar-refractivity contribution in [2.75, 3.05) is 18.0 Å². The van der Waals surface area contributed by atoms with Crippen LogP contribution in [0.3, 0.4) is 0 Å². The number of nitrogens with zero attached hydrogens (tertiary/aromatic N) is 6. The summed E-state index contributed by atoms with van der Waals surface area (Å²) in [4.78, 5) is 27.7. The molecule has 0 saturated carbocycles. The Morgan fingerprint density at radius 1 is 1.15 bits per heavy atom. The second-order valence-electron chi connectivity index (χ2n) is 8.46. The van der Waals surface area contributed by atoms with Crippen LogP contribution in [0.25, 0.3) is 16.6 Å². The van der Waals surface area contributed by atoms with Gasteiger partial charge in [-0.3, -0.25) is 4.79 Å². The van der Waals surface area contributed by atoms with Crippen LogP contribution in [-0.2, 0) is 0 Å². The third-order valence-corrected chi connectivity index (χ3v) is 6.21. The number of nitrogen functional groups attached to an aromatic ring is 2. The molecule has 0 aliphatic carbocycles. The Balaban J connectivity index is 1.53. The molecule has 0 bridgehead atoms. The van der Waals surface area contributed by atoms with Crippen LogP contribution in [-0.4, -0.2) is 48.0 Å². The monoisotopic (exact) mass is 452 g/mol. The molecule has 5 rings (SSSR count). The van der Waals surface area contributed by atoms with Crippen LogP contribution in [0, 0.1) is 18.6 Å². The summed E-state index contributed by atoms with van der Waals surface area (Å²) in [7, 11) is 0. The SMILES string of the molecule is Cc1cc(N)ncc1C(=O)N1C[C@H](c2nc3c4cc(F)cc(F)c4nc(N)n3n2)CC[C@@H]1C. The second kappa shape index (κ2) is 7.61. The maximum absolute atomic E-state index is 14.2. The Bertz CT molecular complexity index is 1420. The number of carbonyl (C=O) groups excluding carboxylic acids is 1. The standard InChI is InChI=1S/C22H22F2N8O/c1-10-5-17(25)27-8-15(10)21(33)31-9-12(4-3-11(31)2)19-29-20-14-6-13(23)7-16(24)18(14)28-22(26)32(20)30-19/h5-8,11-12H,3-4,9H2,1-2H3,(H2,25,27)(H2,26,28)/t11-,12+/m0/s1. The molecule has 9 nitrogen and oxygen atoms in total. The van der Waals surface area contributed by atoms with E-state index in [9.17, 15) is 13.6 Å². The summed E-state index contributed by atoms with van der Waals surface area (Å²) in [6.45, 7) is 4.20. The van der Waals surface area contributed by atoms with Crippen LogP contribution in [0.1, 0.15) is 47.4 Å². The van der Waals surface area contributed by atoms with E-state index in [0.717, 1.165) is 30.5 Å². The molecule has 33 heavy (non-hydrogen) atoms. The molecule has 2 atom stereocenters. The molecule has 4 N–H and O–H groups in total. The molecular weight excluding hydrogens is 430 g/mol. The van der Waals surface area contributed by atoms with Gasteiger partial charge in [0, 0.05) is 30.8 Å². The van der Waals surface area contributed by atoms with Gasteiger partial charge in [0.15, 0.2) is 17.3 Å². The van der Waals surface area contributed by atoms with Crippen LogP contribution in [0.2, 0.25) is 0 Å². The molecule has 4 heterocycles. The number of halogens is 2. The molecule has 1 aliphatic heterocycles. The van der Waals surface area contributed by atoms with Gasteiger partial charge in [0.2, 0.25) is 5.95 Å². The molecule has 1 saturated heterocycles. The zero-order valence-corrected chi connectivity index (χ0v) is 18.1. The Morgan fingerprint density at radius 2 is 1.94 bits per heavy atom. The Labute approximate surface area is 187 Å². The Morgan fingerprint density at radius 3 is 2.70 bits per heavy atom. The lowest BCUT2D eigenvalue weighted by Gasteiger charge is -2.37. The highest BCUT2D eigenvalue weighted by Crippen LogP contribution is 2.32. The van der Waals surface area contributed by atoms with Crippen LogP contribution >= 0.6 is 0 Å². The maximum Gasteiger partial charge on any atom is 0.255 e. The molecule has 0 radical (unpaired) electrons. The van der Waals surface area contributed by atoms with Gasteiger partial charge in [-0.2, -0.15) is 4.52 Å². The molecule has 1 aromatic carbocycles. The maximum atomic E-state index is 14.2. The third kappa shape index (κ3) is 3.49. The molecule has 1 aliphatic rings. The topological polar surface area (TPSA) is 128 Å². The average molecular weight is 452 g/mol. The van der Waals surface area contributed by atoms with Crippen molar-refractivity contribution in [3.63, 3.8) is 0 Å². The van der Waals surface area contributed by atoms with Crippen LogP contribution in [0.15, 0.2) is 24.4 Å². The fraction of sp³-hybridized carbons (Fsp3) is 0.318. The minimum absolute atomic E-state index is 0.0125. The van der Waals surface area contributed by atoms with E-state index in [4.69, 9.17) is 11.5 Å². The average Bonchev–Trinajstić information content (AvgIpc) is 3.21. The first-order chi connectivity index (χ1) is 15.7. The van der Waals surface area contributed by atoms with Crippen molar-refractivity contribution in [1.82, 2.24) is 29.5 Å². The Hall–Kier alpha value is -3.89. The first kappa shape index (κ1) is 21.0. The number of pyridine rings is 1. The van der Waals surface area contributed by atoms with Crippen molar-refractivity contribution < 1.29 is 13.6 Å². The molecule has 0 unspecified atom stereocenters.